The smallest absolute Gasteiger partial charge is 0.306 e. The zero-order valence-electron chi connectivity index (χ0n) is 15.7. The molecular weight excluding hydrogens is 379 g/mol. The zero-order chi connectivity index (χ0) is 20.4. The van der Waals surface area contributed by atoms with Crippen molar-refractivity contribution in [2.75, 3.05) is 4.90 Å². The summed E-state index contributed by atoms with van der Waals surface area (Å²) in [5.41, 5.74) is 1.54. The maximum absolute atomic E-state index is 13.3. The van der Waals surface area contributed by atoms with Crippen molar-refractivity contribution in [1.82, 2.24) is 9.78 Å². The zero-order valence-corrected chi connectivity index (χ0v) is 15.7. The Kier molecular flexibility index (Phi) is 5.13. The largest absolute Gasteiger partial charge is 0.435 e. The Morgan fingerprint density at radius 3 is 2.31 bits per heavy atom. The van der Waals surface area contributed by atoms with Crippen molar-refractivity contribution < 1.29 is 18.0 Å². The number of amides is 1. The summed E-state index contributed by atoms with van der Waals surface area (Å²) in [4.78, 5) is 14.7. The van der Waals surface area contributed by atoms with Gasteiger partial charge in [0.2, 0.25) is 5.91 Å². The van der Waals surface area contributed by atoms with E-state index in [0.717, 1.165) is 5.56 Å². The molecule has 0 saturated carbocycles. The van der Waals surface area contributed by atoms with E-state index in [1.54, 1.807) is 4.90 Å². The number of alkyl halides is 3. The Morgan fingerprint density at radius 1 is 1.00 bits per heavy atom. The van der Waals surface area contributed by atoms with Crippen molar-refractivity contribution in [3.63, 3.8) is 0 Å². The van der Waals surface area contributed by atoms with Crippen LogP contribution in [0, 0.1) is 0 Å². The first-order valence-electron chi connectivity index (χ1n) is 9.48. The molecule has 1 aromatic heterocycles. The van der Waals surface area contributed by atoms with Crippen LogP contribution in [0.3, 0.4) is 0 Å². The van der Waals surface area contributed by atoms with Crippen molar-refractivity contribution in [1.29, 1.82) is 0 Å². The number of anilines is 1. The molecule has 1 aliphatic rings. The minimum atomic E-state index is -4.51. The number of hydrogen-bond acceptors (Lipinski definition) is 2. The van der Waals surface area contributed by atoms with Crippen LogP contribution >= 0.6 is 0 Å². The minimum Gasteiger partial charge on any atom is -0.306 e. The summed E-state index contributed by atoms with van der Waals surface area (Å²) in [5, 5.41) is 3.77. The highest BCUT2D eigenvalue weighted by Crippen LogP contribution is 2.36. The molecule has 29 heavy (non-hydrogen) atoms. The number of rotatable bonds is 5. The number of benzene rings is 2. The molecule has 0 atom stereocenters. The molecule has 0 fully saturated rings. The highest BCUT2D eigenvalue weighted by atomic mass is 19.4. The number of carbonyl (C=O) groups excluding carboxylic acids is 1. The molecule has 150 valence electrons. The molecule has 0 N–H and O–H groups in total. The summed E-state index contributed by atoms with van der Waals surface area (Å²) in [7, 11) is 0. The van der Waals surface area contributed by atoms with Gasteiger partial charge in [0.05, 0.1) is 6.54 Å². The molecule has 1 heterocycles. The van der Waals surface area contributed by atoms with E-state index in [1.807, 2.05) is 60.7 Å². The molecule has 4 rings (SSSR count). The quantitative estimate of drug-likeness (QED) is 0.628. The number of para-hydroxylation sites is 1. The summed E-state index contributed by atoms with van der Waals surface area (Å²) in [6.45, 7) is 0.111. The van der Waals surface area contributed by atoms with E-state index in [-0.39, 0.29) is 18.0 Å². The van der Waals surface area contributed by atoms with Crippen molar-refractivity contribution >= 4 is 11.6 Å². The number of aromatic nitrogens is 2. The Balaban J connectivity index is 1.64. The van der Waals surface area contributed by atoms with E-state index in [4.69, 9.17) is 0 Å². The van der Waals surface area contributed by atoms with Gasteiger partial charge in [0.15, 0.2) is 5.69 Å². The molecule has 0 saturated heterocycles. The standard InChI is InChI=1S/C22H20F3N3O/c23-22(24,25)21-18-12-7-13-19(18)28(26-21)15-20(29)27(17-10-5-2-6-11-17)14-16-8-3-1-4-9-16/h1-6,8-11H,7,12-15H2. The second-order valence-electron chi connectivity index (χ2n) is 7.08. The van der Waals surface area contributed by atoms with Gasteiger partial charge >= 0.3 is 6.18 Å². The van der Waals surface area contributed by atoms with Crippen LogP contribution in [0.25, 0.3) is 0 Å². The van der Waals surface area contributed by atoms with Crippen LogP contribution in [-0.2, 0) is 36.9 Å². The maximum Gasteiger partial charge on any atom is 0.435 e. The van der Waals surface area contributed by atoms with Gasteiger partial charge in [0, 0.05) is 16.9 Å². The lowest BCUT2D eigenvalue weighted by atomic mass is 10.2. The molecule has 7 heteroatoms. The average molecular weight is 399 g/mol. The third kappa shape index (κ3) is 4.04. The molecule has 0 aliphatic heterocycles. The fourth-order valence-electron chi connectivity index (χ4n) is 3.78. The van der Waals surface area contributed by atoms with Gasteiger partial charge in [0.25, 0.3) is 0 Å². The predicted molar refractivity (Wildman–Crippen MR) is 103 cm³/mol. The Labute approximate surface area is 166 Å². The van der Waals surface area contributed by atoms with Crippen molar-refractivity contribution in [2.45, 2.75) is 38.5 Å². The minimum absolute atomic E-state index is 0.222. The highest BCUT2D eigenvalue weighted by molar-refractivity contribution is 5.93. The first-order chi connectivity index (χ1) is 13.9. The van der Waals surface area contributed by atoms with Crippen LogP contribution in [0.2, 0.25) is 0 Å². The monoisotopic (exact) mass is 399 g/mol. The van der Waals surface area contributed by atoms with Crippen LogP contribution in [0.15, 0.2) is 60.7 Å². The molecular formula is C22H20F3N3O. The van der Waals surface area contributed by atoms with Crippen LogP contribution in [0.4, 0.5) is 18.9 Å². The first-order valence-corrected chi connectivity index (χ1v) is 9.48. The molecule has 3 aromatic rings. The third-order valence-electron chi connectivity index (χ3n) is 5.11. The normalized spacial score (nSPS) is 13.3. The maximum atomic E-state index is 13.3. The second kappa shape index (κ2) is 7.73. The fourth-order valence-corrected chi connectivity index (χ4v) is 3.78. The van der Waals surface area contributed by atoms with Crippen molar-refractivity contribution in [3.8, 4) is 0 Å². The van der Waals surface area contributed by atoms with Gasteiger partial charge in [-0.05, 0) is 37.0 Å². The number of nitrogens with zero attached hydrogens (tertiary/aromatic N) is 3. The third-order valence-corrected chi connectivity index (χ3v) is 5.11. The fraction of sp³-hybridized carbons (Fsp3) is 0.273. The molecule has 1 aliphatic carbocycles. The summed E-state index contributed by atoms with van der Waals surface area (Å²) in [6, 6.07) is 18.6. The van der Waals surface area contributed by atoms with Gasteiger partial charge in [-0.1, -0.05) is 48.5 Å². The SMILES string of the molecule is O=C(Cn1nc(C(F)(F)F)c2c1CCC2)N(Cc1ccccc1)c1ccccc1. The van der Waals surface area contributed by atoms with Crippen LogP contribution in [-0.4, -0.2) is 15.7 Å². The van der Waals surface area contributed by atoms with E-state index in [9.17, 15) is 18.0 Å². The summed E-state index contributed by atoms with van der Waals surface area (Å²) < 4.78 is 41.2. The van der Waals surface area contributed by atoms with E-state index in [0.29, 0.717) is 37.2 Å². The lowest BCUT2D eigenvalue weighted by Crippen LogP contribution is -2.34. The van der Waals surface area contributed by atoms with Gasteiger partial charge in [0.1, 0.15) is 6.54 Å². The lowest BCUT2D eigenvalue weighted by Gasteiger charge is -2.23. The first kappa shape index (κ1) is 19.2. The van der Waals surface area contributed by atoms with Crippen molar-refractivity contribution in [3.05, 3.63) is 83.2 Å². The van der Waals surface area contributed by atoms with E-state index >= 15 is 0 Å². The molecule has 0 spiro atoms. The van der Waals surface area contributed by atoms with Crippen LogP contribution in [0.1, 0.15) is 28.9 Å². The number of halogens is 3. The topological polar surface area (TPSA) is 38.1 Å². The summed E-state index contributed by atoms with van der Waals surface area (Å²) in [5.74, 6) is -0.300. The summed E-state index contributed by atoms with van der Waals surface area (Å²) >= 11 is 0. The number of carbonyl (C=O) groups is 1. The Bertz CT molecular complexity index is 997. The van der Waals surface area contributed by atoms with E-state index < -0.39 is 11.9 Å². The lowest BCUT2D eigenvalue weighted by molar-refractivity contribution is -0.142. The predicted octanol–water partition coefficient (Wildman–Crippen LogP) is 4.62. The molecule has 0 unspecified atom stereocenters. The molecule has 4 nitrogen and oxygen atoms in total. The van der Waals surface area contributed by atoms with Crippen molar-refractivity contribution in [2.24, 2.45) is 0 Å². The van der Waals surface area contributed by atoms with Gasteiger partial charge in [-0.3, -0.25) is 9.48 Å². The van der Waals surface area contributed by atoms with Gasteiger partial charge < -0.3 is 4.90 Å². The summed E-state index contributed by atoms with van der Waals surface area (Å²) in [6.07, 6.45) is -3.00. The second-order valence-corrected chi connectivity index (χ2v) is 7.08. The Morgan fingerprint density at radius 2 is 1.66 bits per heavy atom. The molecule has 0 radical (unpaired) electrons. The number of fused-ring (bicyclic) bond motifs is 1. The highest BCUT2D eigenvalue weighted by Gasteiger charge is 2.40. The molecule has 2 aromatic carbocycles. The van der Waals surface area contributed by atoms with Crippen LogP contribution in [0.5, 0.6) is 0 Å². The van der Waals surface area contributed by atoms with E-state index in [2.05, 4.69) is 5.10 Å². The van der Waals surface area contributed by atoms with Gasteiger partial charge in [-0.15, -0.1) is 0 Å². The molecule has 0 bridgehead atoms. The Hall–Kier alpha value is -3.09. The average Bonchev–Trinajstić information content (AvgIpc) is 3.31. The van der Waals surface area contributed by atoms with Gasteiger partial charge in [-0.25, -0.2) is 0 Å². The van der Waals surface area contributed by atoms with Crippen LogP contribution < -0.4 is 4.90 Å². The number of hydrogen-bond donors (Lipinski definition) is 0. The molecule has 1 amide bonds. The van der Waals surface area contributed by atoms with Gasteiger partial charge in [-0.2, -0.15) is 18.3 Å². The van der Waals surface area contributed by atoms with E-state index in [1.165, 1.54) is 4.68 Å².